The predicted molar refractivity (Wildman–Crippen MR) is 73.1 cm³/mol. The summed E-state index contributed by atoms with van der Waals surface area (Å²) in [6.07, 6.45) is 0. The third-order valence-corrected chi connectivity index (χ3v) is 2.88. The molecular formula is C16H15NO2. The first-order chi connectivity index (χ1) is 9.10. The van der Waals surface area contributed by atoms with Crippen LogP contribution in [0.2, 0.25) is 0 Å². The molecule has 96 valence electrons. The van der Waals surface area contributed by atoms with E-state index in [-0.39, 0.29) is 5.75 Å². The summed E-state index contributed by atoms with van der Waals surface area (Å²) >= 11 is 0. The summed E-state index contributed by atoms with van der Waals surface area (Å²) in [6.45, 7) is 4.24. The maximum Gasteiger partial charge on any atom is 0.125 e. The molecule has 0 aromatic heterocycles. The van der Waals surface area contributed by atoms with Crippen LogP contribution in [-0.4, -0.2) is 5.11 Å². The molecule has 2 aromatic carbocycles. The summed E-state index contributed by atoms with van der Waals surface area (Å²) in [5, 5.41) is 18.3. The molecule has 0 saturated carbocycles. The first-order valence-electron chi connectivity index (χ1n) is 6.02. The van der Waals surface area contributed by atoms with Gasteiger partial charge in [0.1, 0.15) is 18.1 Å². The van der Waals surface area contributed by atoms with E-state index in [0.29, 0.717) is 12.2 Å². The molecule has 0 heterocycles. The monoisotopic (exact) mass is 253 g/mol. The van der Waals surface area contributed by atoms with Gasteiger partial charge < -0.3 is 9.84 Å². The molecule has 0 saturated heterocycles. The van der Waals surface area contributed by atoms with Crippen LogP contribution in [0.1, 0.15) is 22.3 Å². The summed E-state index contributed by atoms with van der Waals surface area (Å²) in [5.41, 5.74) is 3.43. The maximum atomic E-state index is 9.40. The Morgan fingerprint density at radius 1 is 1.16 bits per heavy atom. The molecule has 0 aliphatic rings. The lowest BCUT2D eigenvalue weighted by molar-refractivity contribution is 0.301. The third kappa shape index (κ3) is 3.05. The Balaban J connectivity index is 2.18. The fourth-order valence-electron chi connectivity index (χ4n) is 2.04. The maximum absolute atomic E-state index is 9.40. The highest BCUT2D eigenvalue weighted by Crippen LogP contribution is 2.25. The van der Waals surface area contributed by atoms with Gasteiger partial charge in [0.25, 0.3) is 0 Å². The standard InChI is InChI=1S/C16H15NO2/c1-11-6-14(9-17)7-12(2)16(11)19-10-13-4-3-5-15(18)8-13/h3-8,18H,10H2,1-2H3. The molecule has 3 nitrogen and oxygen atoms in total. The largest absolute Gasteiger partial charge is 0.508 e. The molecule has 0 aliphatic heterocycles. The summed E-state index contributed by atoms with van der Waals surface area (Å²) in [7, 11) is 0. The lowest BCUT2D eigenvalue weighted by Crippen LogP contribution is -1.99. The van der Waals surface area contributed by atoms with Gasteiger partial charge in [0.2, 0.25) is 0 Å². The van der Waals surface area contributed by atoms with Crippen LogP contribution in [0, 0.1) is 25.2 Å². The van der Waals surface area contributed by atoms with Crippen molar-refractivity contribution in [1.82, 2.24) is 0 Å². The van der Waals surface area contributed by atoms with Gasteiger partial charge in [0.15, 0.2) is 0 Å². The molecular weight excluding hydrogens is 238 g/mol. The van der Waals surface area contributed by atoms with E-state index in [4.69, 9.17) is 10.00 Å². The van der Waals surface area contributed by atoms with Crippen LogP contribution in [0.4, 0.5) is 0 Å². The first-order valence-corrected chi connectivity index (χ1v) is 6.02. The minimum absolute atomic E-state index is 0.231. The molecule has 3 heteroatoms. The van der Waals surface area contributed by atoms with Crippen LogP contribution in [0.25, 0.3) is 0 Å². The number of ether oxygens (including phenoxy) is 1. The van der Waals surface area contributed by atoms with Crippen molar-refractivity contribution in [2.24, 2.45) is 0 Å². The average Bonchev–Trinajstić information content (AvgIpc) is 2.37. The zero-order valence-electron chi connectivity index (χ0n) is 11.0. The van der Waals surface area contributed by atoms with Crippen molar-refractivity contribution in [2.75, 3.05) is 0 Å². The SMILES string of the molecule is Cc1cc(C#N)cc(C)c1OCc1cccc(O)c1. The fourth-order valence-corrected chi connectivity index (χ4v) is 2.04. The van der Waals surface area contributed by atoms with E-state index in [9.17, 15) is 5.11 Å². The van der Waals surface area contributed by atoms with Gasteiger partial charge in [0, 0.05) is 0 Å². The molecule has 0 unspecified atom stereocenters. The van der Waals surface area contributed by atoms with Crippen LogP contribution in [0.3, 0.4) is 0 Å². The van der Waals surface area contributed by atoms with E-state index in [0.717, 1.165) is 22.4 Å². The Hall–Kier alpha value is -2.47. The summed E-state index contributed by atoms with van der Waals surface area (Å²) in [4.78, 5) is 0. The van der Waals surface area contributed by atoms with Crippen molar-refractivity contribution in [3.05, 3.63) is 58.7 Å². The number of benzene rings is 2. The minimum Gasteiger partial charge on any atom is -0.508 e. The Kier molecular flexibility index (Phi) is 3.72. The smallest absolute Gasteiger partial charge is 0.125 e. The number of phenols is 1. The molecule has 0 aliphatic carbocycles. The topological polar surface area (TPSA) is 53.2 Å². The number of hydrogen-bond donors (Lipinski definition) is 1. The predicted octanol–water partition coefficient (Wildman–Crippen LogP) is 3.46. The van der Waals surface area contributed by atoms with Crippen LogP contribution in [0.15, 0.2) is 36.4 Å². The second-order valence-electron chi connectivity index (χ2n) is 4.51. The second kappa shape index (κ2) is 5.45. The van der Waals surface area contributed by atoms with Crippen molar-refractivity contribution in [3.8, 4) is 17.6 Å². The van der Waals surface area contributed by atoms with Gasteiger partial charge in [-0.05, 0) is 54.8 Å². The molecule has 0 atom stereocenters. The third-order valence-electron chi connectivity index (χ3n) is 2.88. The average molecular weight is 253 g/mol. The molecule has 19 heavy (non-hydrogen) atoms. The van der Waals surface area contributed by atoms with Gasteiger partial charge in [-0.2, -0.15) is 5.26 Å². The van der Waals surface area contributed by atoms with Crippen molar-refractivity contribution < 1.29 is 9.84 Å². The van der Waals surface area contributed by atoms with E-state index < -0.39 is 0 Å². The Labute approximate surface area is 112 Å². The number of aromatic hydroxyl groups is 1. The number of rotatable bonds is 3. The lowest BCUT2D eigenvalue weighted by Gasteiger charge is -2.12. The number of nitrogens with zero attached hydrogens (tertiary/aromatic N) is 1. The fraction of sp³-hybridized carbons (Fsp3) is 0.188. The van der Waals surface area contributed by atoms with Gasteiger partial charge in [-0.15, -0.1) is 0 Å². The van der Waals surface area contributed by atoms with Gasteiger partial charge in [-0.25, -0.2) is 0 Å². The minimum atomic E-state index is 0.231. The second-order valence-corrected chi connectivity index (χ2v) is 4.51. The highest BCUT2D eigenvalue weighted by molar-refractivity contribution is 5.47. The normalized spacial score (nSPS) is 9.95. The van der Waals surface area contributed by atoms with Crippen molar-refractivity contribution >= 4 is 0 Å². The molecule has 0 radical (unpaired) electrons. The molecule has 1 N–H and O–H groups in total. The van der Waals surface area contributed by atoms with E-state index in [1.54, 1.807) is 18.2 Å². The van der Waals surface area contributed by atoms with Crippen LogP contribution in [-0.2, 0) is 6.61 Å². The van der Waals surface area contributed by atoms with E-state index in [2.05, 4.69) is 6.07 Å². The number of hydrogen-bond acceptors (Lipinski definition) is 3. The lowest BCUT2D eigenvalue weighted by atomic mass is 10.1. The summed E-state index contributed by atoms with van der Waals surface area (Å²) in [5.74, 6) is 1.02. The van der Waals surface area contributed by atoms with E-state index in [1.165, 1.54) is 0 Å². The zero-order chi connectivity index (χ0) is 13.8. The summed E-state index contributed by atoms with van der Waals surface area (Å²) in [6, 6.07) is 12.7. The molecule has 2 rings (SSSR count). The molecule has 0 spiro atoms. The number of nitriles is 1. The molecule has 0 bridgehead atoms. The van der Waals surface area contributed by atoms with Crippen molar-refractivity contribution in [3.63, 3.8) is 0 Å². The van der Waals surface area contributed by atoms with Crippen molar-refractivity contribution in [2.45, 2.75) is 20.5 Å². The van der Waals surface area contributed by atoms with Gasteiger partial charge in [-0.1, -0.05) is 12.1 Å². The number of aryl methyl sites for hydroxylation is 2. The van der Waals surface area contributed by atoms with Crippen molar-refractivity contribution in [1.29, 1.82) is 5.26 Å². The summed E-state index contributed by atoms with van der Waals surface area (Å²) < 4.78 is 5.79. The van der Waals surface area contributed by atoms with Crippen LogP contribution in [0.5, 0.6) is 11.5 Å². The highest BCUT2D eigenvalue weighted by Gasteiger charge is 2.07. The molecule has 2 aromatic rings. The Morgan fingerprint density at radius 2 is 1.84 bits per heavy atom. The quantitative estimate of drug-likeness (QED) is 0.911. The molecule has 0 fully saturated rings. The van der Waals surface area contributed by atoms with Crippen LogP contribution < -0.4 is 4.74 Å². The first kappa shape index (κ1) is 13.0. The van der Waals surface area contributed by atoms with Crippen LogP contribution >= 0.6 is 0 Å². The van der Waals surface area contributed by atoms with E-state index >= 15 is 0 Å². The highest BCUT2D eigenvalue weighted by atomic mass is 16.5. The van der Waals surface area contributed by atoms with Gasteiger partial charge in [0.05, 0.1) is 11.6 Å². The Bertz CT molecular complexity index is 618. The van der Waals surface area contributed by atoms with E-state index in [1.807, 2.05) is 32.0 Å². The Morgan fingerprint density at radius 3 is 2.42 bits per heavy atom. The molecule has 0 amide bonds. The van der Waals surface area contributed by atoms with Gasteiger partial charge in [-0.3, -0.25) is 0 Å². The zero-order valence-corrected chi connectivity index (χ0v) is 11.0. The number of phenolic OH excluding ortho intramolecular Hbond substituents is 1. The van der Waals surface area contributed by atoms with Gasteiger partial charge >= 0.3 is 0 Å².